The fourth-order valence-electron chi connectivity index (χ4n) is 2.31. The molecule has 5 nitrogen and oxygen atoms in total. The molecule has 0 amide bonds. The van der Waals surface area contributed by atoms with Crippen molar-refractivity contribution in [3.8, 4) is 0 Å². The number of rotatable bonds is 6. The molecule has 0 saturated carbocycles. The number of Topliss-reactive ketones (excluding diaryl/α,β-unsaturated/α-hetero) is 2. The lowest BCUT2D eigenvalue weighted by molar-refractivity contribution is 0.0814. The second-order valence-corrected chi connectivity index (χ2v) is 6.23. The SMILES string of the molecule is O=C(C(=O)c1ccc(Cl)cc1Cl)c1cn(CCc2ccccc2)nn1. The standard InChI is InChI=1S/C18H13Cl2N3O2/c19-13-6-7-14(15(20)10-13)17(24)18(25)16-11-23(22-21-16)9-8-12-4-2-1-3-5-12/h1-7,10-11H,8-9H2. The van der Waals surface area contributed by atoms with Crippen LogP contribution in [-0.2, 0) is 13.0 Å². The van der Waals surface area contributed by atoms with E-state index in [-0.39, 0.29) is 16.3 Å². The molecule has 0 aliphatic heterocycles. The van der Waals surface area contributed by atoms with Gasteiger partial charge in [-0.25, -0.2) is 0 Å². The highest BCUT2D eigenvalue weighted by molar-refractivity contribution is 6.51. The summed E-state index contributed by atoms with van der Waals surface area (Å²) in [5.74, 6) is -1.49. The van der Waals surface area contributed by atoms with E-state index >= 15 is 0 Å². The lowest BCUT2D eigenvalue weighted by atomic mass is 10.1. The molecule has 0 saturated heterocycles. The Labute approximate surface area is 154 Å². The molecule has 0 N–H and O–H groups in total. The van der Waals surface area contributed by atoms with Crippen LogP contribution in [-0.4, -0.2) is 26.6 Å². The average Bonchev–Trinajstić information content (AvgIpc) is 3.09. The van der Waals surface area contributed by atoms with E-state index in [0.29, 0.717) is 11.6 Å². The Morgan fingerprint density at radius 3 is 2.48 bits per heavy atom. The first kappa shape index (κ1) is 17.3. The van der Waals surface area contributed by atoms with E-state index in [2.05, 4.69) is 10.3 Å². The zero-order valence-corrected chi connectivity index (χ0v) is 14.5. The Morgan fingerprint density at radius 2 is 1.76 bits per heavy atom. The maximum absolute atomic E-state index is 12.3. The summed E-state index contributed by atoms with van der Waals surface area (Å²) in [4.78, 5) is 24.6. The molecule has 126 valence electrons. The maximum Gasteiger partial charge on any atom is 0.255 e. The summed E-state index contributed by atoms with van der Waals surface area (Å²) in [5, 5.41) is 8.22. The summed E-state index contributed by atoms with van der Waals surface area (Å²) in [5.41, 5.74) is 1.23. The van der Waals surface area contributed by atoms with Gasteiger partial charge in [0, 0.05) is 17.1 Å². The minimum absolute atomic E-state index is 0.0101. The average molecular weight is 374 g/mol. The Kier molecular flexibility index (Phi) is 5.26. The Hall–Kier alpha value is -2.50. The van der Waals surface area contributed by atoms with Gasteiger partial charge in [-0.3, -0.25) is 14.3 Å². The van der Waals surface area contributed by atoms with Gasteiger partial charge >= 0.3 is 0 Å². The molecule has 3 aromatic rings. The summed E-state index contributed by atoms with van der Waals surface area (Å²) in [6.45, 7) is 0.556. The van der Waals surface area contributed by atoms with Gasteiger partial charge in [-0.2, -0.15) is 0 Å². The van der Waals surface area contributed by atoms with Crippen molar-refractivity contribution in [3.63, 3.8) is 0 Å². The monoisotopic (exact) mass is 373 g/mol. The van der Waals surface area contributed by atoms with E-state index in [1.807, 2.05) is 30.3 Å². The van der Waals surface area contributed by atoms with Gasteiger partial charge in [0.2, 0.25) is 5.78 Å². The van der Waals surface area contributed by atoms with Crippen LogP contribution >= 0.6 is 23.2 Å². The van der Waals surface area contributed by atoms with Crippen LogP contribution < -0.4 is 0 Å². The van der Waals surface area contributed by atoms with Crippen LogP contribution in [0, 0.1) is 0 Å². The summed E-state index contributed by atoms with van der Waals surface area (Å²) >= 11 is 11.8. The molecule has 0 unspecified atom stereocenters. The molecular weight excluding hydrogens is 361 g/mol. The molecule has 1 aromatic heterocycles. The third kappa shape index (κ3) is 4.13. The molecule has 7 heteroatoms. The molecule has 1 heterocycles. The number of aryl methyl sites for hydroxylation is 2. The van der Waals surface area contributed by atoms with Crippen molar-refractivity contribution in [2.75, 3.05) is 0 Å². The molecule has 0 aliphatic rings. The molecule has 0 aliphatic carbocycles. The molecule has 0 spiro atoms. The van der Waals surface area contributed by atoms with E-state index in [1.165, 1.54) is 29.1 Å². The lowest BCUT2D eigenvalue weighted by Crippen LogP contribution is -2.15. The number of hydrogen-bond donors (Lipinski definition) is 0. The molecule has 0 radical (unpaired) electrons. The van der Waals surface area contributed by atoms with E-state index in [0.717, 1.165) is 12.0 Å². The topological polar surface area (TPSA) is 64.8 Å². The molecule has 2 aromatic carbocycles. The number of hydrogen-bond acceptors (Lipinski definition) is 4. The van der Waals surface area contributed by atoms with Crippen LogP contribution in [0.4, 0.5) is 0 Å². The van der Waals surface area contributed by atoms with Crippen LogP contribution in [0.25, 0.3) is 0 Å². The van der Waals surface area contributed by atoms with Gasteiger partial charge in [0.25, 0.3) is 5.78 Å². The molecule has 0 bridgehead atoms. The van der Waals surface area contributed by atoms with Crippen molar-refractivity contribution in [2.24, 2.45) is 0 Å². The smallest absolute Gasteiger partial charge is 0.255 e. The maximum atomic E-state index is 12.3. The molecule has 0 fully saturated rings. The highest BCUT2D eigenvalue weighted by Crippen LogP contribution is 2.22. The van der Waals surface area contributed by atoms with Gasteiger partial charge in [0.05, 0.1) is 11.2 Å². The molecule has 0 atom stereocenters. The number of halogens is 2. The normalized spacial score (nSPS) is 10.6. The van der Waals surface area contributed by atoms with Crippen LogP contribution in [0.15, 0.2) is 54.7 Å². The second kappa shape index (κ2) is 7.59. The lowest BCUT2D eigenvalue weighted by Gasteiger charge is -2.02. The number of benzene rings is 2. The summed E-state index contributed by atoms with van der Waals surface area (Å²) in [6.07, 6.45) is 2.21. The summed E-state index contributed by atoms with van der Waals surface area (Å²) in [6, 6.07) is 14.2. The largest absolute Gasteiger partial charge is 0.285 e. The van der Waals surface area contributed by atoms with E-state index < -0.39 is 11.6 Å². The van der Waals surface area contributed by atoms with E-state index in [1.54, 1.807) is 0 Å². The molecular formula is C18H13Cl2N3O2. The van der Waals surface area contributed by atoms with Crippen molar-refractivity contribution in [1.82, 2.24) is 15.0 Å². The Bertz CT molecular complexity index is 923. The van der Waals surface area contributed by atoms with Crippen molar-refractivity contribution in [1.29, 1.82) is 0 Å². The van der Waals surface area contributed by atoms with Crippen LogP contribution in [0.1, 0.15) is 26.4 Å². The predicted molar refractivity (Wildman–Crippen MR) is 95.3 cm³/mol. The van der Waals surface area contributed by atoms with Gasteiger partial charge in [-0.1, -0.05) is 58.7 Å². The van der Waals surface area contributed by atoms with Crippen molar-refractivity contribution < 1.29 is 9.59 Å². The first-order valence-electron chi connectivity index (χ1n) is 7.53. The van der Waals surface area contributed by atoms with E-state index in [9.17, 15) is 9.59 Å². The number of ketones is 2. The number of carbonyl (C=O) groups is 2. The number of aromatic nitrogens is 3. The van der Waals surface area contributed by atoms with Crippen molar-refractivity contribution in [3.05, 3.63) is 81.6 Å². The first-order chi connectivity index (χ1) is 12.0. The van der Waals surface area contributed by atoms with Gasteiger partial charge in [0.15, 0.2) is 5.69 Å². The fourth-order valence-corrected chi connectivity index (χ4v) is 2.81. The highest BCUT2D eigenvalue weighted by Gasteiger charge is 2.23. The van der Waals surface area contributed by atoms with Crippen molar-refractivity contribution >= 4 is 34.8 Å². The molecule has 3 rings (SSSR count). The van der Waals surface area contributed by atoms with Crippen LogP contribution in [0.3, 0.4) is 0 Å². The Balaban J connectivity index is 1.70. The number of nitrogens with zero attached hydrogens (tertiary/aromatic N) is 3. The summed E-state index contributed by atoms with van der Waals surface area (Å²) < 4.78 is 1.54. The van der Waals surface area contributed by atoms with Gasteiger partial charge < -0.3 is 0 Å². The van der Waals surface area contributed by atoms with Crippen LogP contribution in [0.2, 0.25) is 10.0 Å². The van der Waals surface area contributed by atoms with E-state index in [4.69, 9.17) is 23.2 Å². The molecule has 25 heavy (non-hydrogen) atoms. The van der Waals surface area contributed by atoms with Crippen molar-refractivity contribution in [2.45, 2.75) is 13.0 Å². The first-order valence-corrected chi connectivity index (χ1v) is 8.28. The highest BCUT2D eigenvalue weighted by atomic mass is 35.5. The Morgan fingerprint density at radius 1 is 1.00 bits per heavy atom. The van der Waals surface area contributed by atoms with Crippen LogP contribution in [0.5, 0.6) is 0 Å². The zero-order valence-electron chi connectivity index (χ0n) is 13.0. The fraction of sp³-hybridized carbons (Fsp3) is 0.111. The number of carbonyl (C=O) groups excluding carboxylic acids is 2. The minimum atomic E-state index is -0.754. The van der Waals surface area contributed by atoms with Gasteiger partial charge in [0.1, 0.15) is 0 Å². The minimum Gasteiger partial charge on any atom is -0.285 e. The second-order valence-electron chi connectivity index (χ2n) is 5.38. The third-order valence-corrected chi connectivity index (χ3v) is 4.17. The van der Waals surface area contributed by atoms with Gasteiger partial charge in [-0.15, -0.1) is 5.10 Å². The van der Waals surface area contributed by atoms with Gasteiger partial charge in [-0.05, 0) is 30.2 Å². The zero-order chi connectivity index (χ0) is 17.8. The third-order valence-electron chi connectivity index (χ3n) is 3.63. The predicted octanol–water partition coefficient (Wildman–Crippen LogP) is 3.89. The summed E-state index contributed by atoms with van der Waals surface area (Å²) in [7, 11) is 0. The quantitative estimate of drug-likeness (QED) is 0.485.